The van der Waals surface area contributed by atoms with Gasteiger partial charge in [0.05, 0.1) is 18.6 Å². The maximum atomic E-state index is 11.8. The molecular formula is C25H36N8O5S. The van der Waals surface area contributed by atoms with E-state index in [0.717, 1.165) is 47.4 Å². The number of aromatic nitrogens is 6. The zero-order valence-electron chi connectivity index (χ0n) is 22.7. The van der Waals surface area contributed by atoms with Crippen molar-refractivity contribution in [3.63, 3.8) is 0 Å². The van der Waals surface area contributed by atoms with Gasteiger partial charge in [-0.3, -0.25) is 0 Å². The van der Waals surface area contributed by atoms with E-state index in [1.807, 2.05) is 19.1 Å². The first-order chi connectivity index (χ1) is 18.6. The number of methoxy groups -OCH3 is 1. The third kappa shape index (κ3) is 10.4. The van der Waals surface area contributed by atoms with Gasteiger partial charge in [0.25, 0.3) is 0 Å². The van der Waals surface area contributed by atoms with Crippen LogP contribution in [0.15, 0.2) is 18.2 Å². The first-order valence-corrected chi connectivity index (χ1v) is 14.7. The Hall–Kier alpha value is -3.90. The number of nitrogens with two attached hydrogens (primary N) is 1. The van der Waals surface area contributed by atoms with Crippen molar-refractivity contribution < 1.29 is 22.7 Å². The Kier molecular flexibility index (Phi) is 12.4. The Morgan fingerprint density at radius 1 is 1.15 bits per heavy atom. The van der Waals surface area contributed by atoms with E-state index in [9.17, 15) is 8.42 Å². The average Bonchev–Trinajstić information content (AvgIpc) is 3.40. The minimum Gasteiger partial charge on any atom is -0.496 e. The molecule has 3 aromatic rings. The van der Waals surface area contributed by atoms with Crippen LogP contribution in [0.4, 0.5) is 11.8 Å². The van der Waals surface area contributed by atoms with E-state index < -0.39 is 9.84 Å². The summed E-state index contributed by atoms with van der Waals surface area (Å²) in [5.74, 6) is 2.28. The molecule has 0 aliphatic rings. The SMILES string of the molecule is CCCC[C@@H](CCS(C)(=O)=O)Nc1nc(N)nc(CC)c1Cc1cc(Cc2nn[nH]n2)ccc1OC.O=C=O. The predicted molar refractivity (Wildman–Crippen MR) is 145 cm³/mol. The third-order valence-electron chi connectivity index (χ3n) is 5.99. The summed E-state index contributed by atoms with van der Waals surface area (Å²) in [6.45, 7) is 4.14. The molecule has 0 radical (unpaired) electrons. The predicted octanol–water partition coefficient (Wildman–Crippen LogP) is 2.15. The van der Waals surface area contributed by atoms with Gasteiger partial charge in [-0.05, 0) is 36.5 Å². The van der Waals surface area contributed by atoms with Gasteiger partial charge in [0.2, 0.25) is 5.95 Å². The molecule has 0 spiro atoms. The summed E-state index contributed by atoms with van der Waals surface area (Å²) in [6, 6.07) is 5.92. The van der Waals surface area contributed by atoms with Crippen molar-refractivity contribution in [1.82, 2.24) is 30.6 Å². The molecule has 0 saturated heterocycles. The van der Waals surface area contributed by atoms with Crippen molar-refractivity contribution in [3.05, 3.63) is 46.4 Å². The maximum absolute atomic E-state index is 11.8. The lowest BCUT2D eigenvalue weighted by Gasteiger charge is -2.22. The van der Waals surface area contributed by atoms with E-state index in [2.05, 4.69) is 48.9 Å². The summed E-state index contributed by atoms with van der Waals surface area (Å²) in [5.41, 5.74) is 9.81. The summed E-state index contributed by atoms with van der Waals surface area (Å²) in [5, 5.41) is 17.7. The van der Waals surface area contributed by atoms with Crippen molar-refractivity contribution in [2.75, 3.05) is 30.2 Å². The molecule has 14 heteroatoms. The molecule has 0 fully saturated rings. The normalized spacial score (nSPS) is 11.7. The Morgan fingerprint density at radius 2 is 1.90 bits per heavy atom. The minimum absolute atomic E-state index is 0.0519. The molecule has 212 valence electrons. The summed E-state index contributed by atoms with van der Waals surface area (Å²) in [4.78, 5) is 25.3. The van der Waals surface area contributed by atoms with Crippen molar-refractivity contribution in [3.8, 4) is 5.75 Å². The highest BCUT2D eigenvalue weighted by Gasteiger charge is 2.20. The van der Waals surface area contributed by atoms with Gasteiger partial charge in [-0.15, -0.1) is 10.2 Å². The molecule has 3 rings (SSSR count). The van der Waals surface area contributed by atoms with Crippen LogP contribution in [0.2, 0.25) is 0 Å². The quantitative estimate of drug-likeness (QED) is 0.260. The molecule has 0 amide bonds. The molecule has 1 atom stereocenters. The van der Waals surface area contributed by atoms with E-state index >= 15 is 0 Å². The lowest BCUT2D eigenvalue weighted by atomic mass is 9.98. The van der Waals surface area contributed by atoms with Crippen LogP contribution in [0.25, 0.3) is 0 Å². The Balaban J connectivity index is 0.00000170. The number of benzene rings is 1. The Morgan fingerprint density at radius 3 is 2.49 bits per heavy atom. The van der Waals surface area contributed by atoms with E-state index in [-0.39, 0.29) is 23.9 Å². The standard InChI is InChI=1S/C24H36N8O3S.CO2/c1-5-7-8-18(11-12-36(4,33)34)26-23-19(20(6-2)27-24(25)28-23)15-17-13-16(9-10-21(17)35-3)14-22-29-31-32-30-22;2-1-3/h9-10,13,18H,5-8,11-12,14-15H2,1-4H3,(H3,25,26,27,28)(H,29,30,31,32);/t18-;/m0./s1. The van der Waals surface area contributed by atoms with Gasteiger partial charge < -0.3 is 15.8 Å². The van der Waals surface area contributed by atoms with Gasteiger partial charge in [0.1, 0.15) is 21.4 Å². The number of tetrazole rings is 1. The number of aromatic amines is 1. The van der Waals surface area contributed by atoms with Crippen LogP contribution in [0.5, 0.6) is 5.75 Å². The highest BCUT2D eigenvalue weighted by atomic mass is 32.2. The van der Waals surface area contributed by atoms with Crippen molar-refractivity contribution >= 4 is 27.8 Å². The van der Waals surface area contributed by atoms with Gasteiger partial charge in [0, 0.05) is 30.7 Å². The number of nitrogens with zero attached hydrogens (tertiary/aromatic N) is 5. The molecule has 0 bridgehead atoms. The number of carbonyl (C=O) groups excluding carboxylic acids is 2. The number of rotatable bonds is 14. The first-order valence-electron chi connectivity index (χ1n) is 12.6. The lowest BCUT2D eigenvalue weighted by Crippen LogP contribution is -2.25. The zero-order chi connectivity index (χ0) is 28.8. The van der Waals surface area contributed by atoms with Crippen molar-refractivity contribution in [2.45, 2.75) is 64.8 Å². The van der Waals surface area contributed by atoms with Crippen LogP contribution >= 0.6 is 0 Å². The minimum atomic E-state index is -3.08. The lowest BCUT2D eigenvalue weighted by molar-refractivity contribution is -0.191. The summed E-state index contributed by atoms with van der Waals surface area (Å²) < 4.78 is 29.3. The molecule has 13 nitrogen and oxygen atoms in total. The fourth-order valence-electron chi connectivity index (χ4n) is 4.15. The number of aryl methyl sites for hydroxylation is 1. The number of nitrogen functional groups attached to an aromatic ring is 1. The largest absolute Gasteiger partial charge is 0.496 e. The molecule has 0 aliphatic carbocycles. The topological polar surface area (TPSA) is 196 Å². The Labute approximate surface area is 228 Å². The summed E-state index contributed by atoms with van der Waals surface area (Å²) in [7, 11) is -1.44. The molecule has 2 aromatic heterocycles. The van der Waals surface area contributed by atoms with Crippen LogP contribution in [0, 0.1) is 0 Å². The highest BCUT2D eigenvalue weighted by Crippen LogP contribution is 2.29. The number of ether oxygens (including phenoxy) is 1. The van der Waals surface area contributed by atoms with E-state index in [1.165, 1.54) is 6.26 Å². The first kappa shape index (κ1) is 31.3. The Bertz CT molecular complexity index is 1330. The van der Waals surface area contributed by atoms with Crippen molar-refractivity contribution in [1.29, 1.82) is 0 Å². The molecule has 39 heavy (non-hydrogen) atoms. The maximum Gasteiger partial charge on any atom is 0.373 e. The van der Waals surface area contributed by atoms with Gasteiger partial charge in [-0.2, -0.15) is 19.8 Å². The van der Waals surface area contributed by atoms with Gasteiger partial charge in [0.15, 0.2) is 5.82 Å². The molecule has 4 N–H and O–H groups in total. The second kappa shape index (κ2) is 15.5. The smallest absolute Gasteiger partial charge is 0.373 e. The van der Waals surface area contributed by atoms with E-state index in [4.69, 9.17) is 20.1 Å². The molecule has 0 unspecified atom stereocenters. The number of anilines is 2. The number of hydrogen-bond donors (Lipinski definition) is 3. The van der Waals surface area contributed by atoms with Gasteiger partial charge in [-0.25, -0.2) is 13.4 Å². The molecule has 2 heterocycles. The molecular weight excluding hydrogens is 524 g/mol. The van der Waals surface area contributed by atoms with Crippen LogP contribution < -0.4 is 15.8 Å². The fraction of sp³-hybridized carbons (Fsp3) is 0.520. The van der Waals surface area contributed by atoms with Crippen LogP contribution in [0.1, 0.15) is 67.7 Å². The van der Waals surface area contributed by atoms with Crippen molar-refractivity contribution in [2.24, 2.45) is 0 Å². The zero-order valence-corrected chi connectivity index (χ0v) is 23.5. The molecule has 0 saturated carbocycles. The van der Waals surface area contributed by atoms with Crippen LogP contribution in [0.3, 0.4) is 0 Å². The number of nitrogens with one attached hydrogen (secondary N) is 2. The van der Waals surface area contributed by atoms with E-state index in [1.54, 1.807) is 7.11 Å². The number of sulfone groups is 1. The van der Waals surface area contributed by atoms with Gasteiger partial charge in [-0.1, -0.05) is 44.0 Å². The summed E-state index contributed by atoms with van der Waals surface area (Å²) >= 11 is 0. The average molecular weight is 561 g/mol. The van der Waals surface area contributed by atoms with Gasteiger partial charge >= 0.3 is 6.15 Å². The number of H-pyrrole nitrogens is 1. The fourth-order valence-corrected chi connectivity index (χ4v) is 4.86. The number of hydrogen-bond acceptors (Lipinski definition) is 12. The monoisotopic (exact) mass is 560 g/mol. The van der Waals surface area contributed by atoms with E-state index in [0.29, 0.717) is 37.3 Å². The molecule has 1 aromatic carbocycles. The molecule has 0 aliphatic heterocycles. The second-order valence-electron chi connectivity index (χ2n) is 9.02. The highest BCUT2D eigenvalue weighted by molar-refractivity contribution is 7.90. The third-order valence-corrected chi connectivity index (χ3v) is 6.97. The second-order valence-corrected chi connectivity index (χ2v) is 11.3. The summed E-state index contributed by atoms with van der Waals surface area (Å²) in [6.07, 6.45) is 6.55. The van der Waals surface area contributed by atoms with Crippen LogP contribution in [-0.2, 0) is 38.7 Å². The van der Waals surface area contributed by atoms with Crippen LogP contribution in [-0.4, -0.2) is 70.3 Å². The number of unbranched alkanes of at least 4 members (excludes halogenated alkanes) is 1.